The molecule has 2 bridgehead atoms. The molecule has 31 heavy (non-hydrogen) atoms. The van der Waals surface area contributed by atoms with E-state index >= 15 is 0 Å². The van der Waals surface area contributed by atoms with E-state index in [2.05, 4.69) is 27.4 Å². The number of ether oxygens (including phenoxy) is 2. The van der Waals surface area contributed by atoms with E-state index in [1.165, 1.54) is 0 Å². The Morgan fingerprint density at radius 1 is 1.03 bits per heavy atom. The van der Waals surface area contributed by atoms with Crippen LogP contribution < -0.4 is 0 Å². The standard InChI is InChI=1S/C26H24O5/c1-13(2)22(27)31-26-17-9-7-6-8-15(17)19(20-21(26)24(29)30-23(20)28)16-11-10-14(12-18(16)26)25(3,4)5/h6-12,19-21H,1H2,2-5H3. The molecule has 2 aromatic carbocycles. The van der Waals surface area contributed by atoms with Crippen LogP contribution in [0.2, 0.25) is 0 Å². The third-order valence-corrected chi connectivity index (χ3v) is 6.84. The Bertz CT molecular complexity index is 1180. The fourth-order valence-electron chi connectivity index (χ4n) is 5.42. The van der Waals surface area contributed by atoms with Gasteiger partial charge in [0.25, 0.3) is 0 Å². The SMILES string of the molecule is C=C(C)C(=O)OC12c3ccccc3C(c3ccc(C(C)(C)C)cc31)C1C(=O)OC(=O)C12. The summed E-state index contributed by atoms with van der Waals surface area (Å²) in [6, 6.07) is 13.7. The second kappa shape index (κ2) is 6.16. The Morgan fingerprint density at radius 2 is 1.71 bits per heavy atom. The van der Waals surface area contributed by atoms with Crippen LogP contribution in [0.3, 0.4) is 0 Å². The number of hydrogen-bond acceptors (Lipinski definition) is 5. The van der Waals surface area contributed by atoms with E-state index in [0.717, 1.165) is 27.8 Å². The van der Waals surface area contributed by atoms with Gasteiger partial charge < -0.3 is 9.47 Å². The summed E-state index contributed by atoms with van der Waals surface area (Å²) in [7, 11) is 0. The summed E-state index contributed by atoms with van der Waals surface area (Å²) >= 11 is 0. The Morgan fingerprint density at radius 3 is 2.39 bits per heavy atom. The molecule has 5 nitrogen and oxygen atoms in total. The van der Waals surface area contributed by atoms with Gasteiger partial charge in [0.15, 0.2) is 5.60 Å². The minimum absolute atomic E-state index is 0.157. The summed E-state index contributed by atoms with van der Waals surface area (Å²) in [5, 5.41) is 0. The lowest BCUT2D eigenvalue weighted by Crippen LogP contribution is -2.55. The summed E-state index contributed by atoms with van der Waals surface area (Å²) in [6.45, 7) is 11.6. The third-order valence-electron chi connectivity index (χ3n) is 6.84. The first-order valence-electron chi connectivity index (χ1n) is 10.5. The van der Waals surface area contributed by atoms with Crippen molar-refractivity contribution in [3.63, 3.8) is 0 Å². The summed E-state index contributed by atoms with van der Waals surface area (Å²) < 4.78 is 11.3. The summed E-state index contributed by atoms with van der Waals surface area (Å²) in [5.41, 5.74) is 2.96. The van der Waals surface area contributed by atoms with Crippen molar-refractivity contribution in [2.24, 2.45) is 11.8 Å². The number of carbonyl (C=O) groups excluding carboxylic acids is 3. The average Bonchev–Trinajstić information content (AvgIpc) is 3.02. The van der Waals surface area contributed by atoms with Crippen LogP contribution in [0.25, 0.3) is 0 Å². The van der Waals surface area contributed by atoms with Crippen LogP contribution in [0.4, 0.5) is 0 Å². The number of esters is 3. The van der Waals surface area contributed by atoms with Crippen LogP contribution in [0.1, 0.15) is 61.4 Å². The van der Waals surface area contributed by atoms with E-state index in [1.807, 2.05) is 42.5 Å². The predicted octanol–water partition coefficient (Wildman–Crippen LogP) is 4.12. The van der Waals surface area contributed by atoms with Gasteiger partial charge in [0.2, 0.25) is 0 Å². The smallest absolute Gasteiger partial charge is 0.334 e. The molecule has 5 heteroatoms. The molecule has 4 unspecified atom stereocenters. The minimum Gasteiger partial charge on any atom is -0.445 e. The zero-order valence-corrected chi connectivity index (χ0v) is 18.0. The largest absolute Gasteiger partial charge is 0.445 e. The first-order valence-corrected chi connectivity index (χ1v) is 10.5. The quantitative estimate of drug-likeness (QED) is 0.418. The van der Waals surface area contributed by atoms with Gasteiger partial charge in [-0.05, 0) is 29.0 Å². The molecule has 2 aromatic rings. The molecule has 0 amide bonds. The number of benzene rings is 2. The highest BCUT2D eigenvalue weighted by atomic mass is 16.6. The maximum atomic E-state index is 13.0. The van der Waals surface area contributed by atoms with Gasteiger partial charge in [-0.25, -0.2) is 4.79 Å². The maximum absolute atomic E-state index is 13.0. The molecular formula is C26H24O5. The van der Waals surface area contributed by atoms with Crippen molar-refractivity contribution in [2.75, 3.05) is 0 Å². The lowest BCUT2D eigenvalue weighted by Gasteiger charge is -2.52. The van der Waals surface area contributed by atoms with Crippen LogP contribution >= 0.6 is 0 Å². The molecule has 3 aliphatic carbocycles. The van der Waals surface area contributed by atoms with Gasteiger partial charge in [-0.2, -0.15) is 0 Å². The van der Waals surface area contributed by atoms with Crippen molar-refractivity contribution in [1.29, 1.82) is 0 Å². The number of rotatable bonds is 2. The van der Waals surface area contributed by atoms with Crippen LogP contribution in [-0.4, -0.2) is 17.9 Å². The Kier molecular flexibility index (Phi) is 3.92. The van der Waals surface area contributed by atoms with E-state index in [0.29, 0.717) is 0 Å². The van der Waals surface area contributed by atoms with E-state index in [1.54, 1.807) is 6.92 Å². The molecule has 0 saturated carbocycles. The van der Waals surface area contributed by atoms with Gasteiger partial charge >= 0.3 is 17.9 Å². The van der Waals surface area contributed by atoms with Crippen molar-refractivity contribution in [3.05, 3.63) is 82.4 Å². The Hall–Kier alpha value is -3.21. The minimum atomic E-state index is -1.44. The predicted molar refractivity (Wildman–Crippen MR) is 113 cm³/mol. The molecule has 0 spiro atoms. The van der Waals surface area contributed by atoms with Crippen molar-refractivity contribution >= 4 is 17.9 Å². The fourth-order valence-corrected chi connectivity index (χ4v) is 5.42. The zero-order valence-electron chi connectivity index (χ0n) is 18.0. The van der Waals surface area contributed by atoms with Crippen molar-refractivity contribution < 1.29 is 23.9 Å². The molecule has 1 fully saturated rings. The molecule has 1 aliphatic heterocycles. The fraction of sp³-hybridized carbons (Fsp3) is 0.346. The van der Waals surface area contributed by atoms with E-state index in [4.69, 9.17) is 9.47 Å². The number of carbonyl (C=O) groups is 3. The number of cyclic esters (lactones) is 2. The van der Waals surface area contributed by atoms with E-state index in [-0.39, 0.29) is 16.9 Å². The van der Waals surface area contributed by atoms with Crippen LogP contribution in [-0.2, 0) is 34.9 Å². The molecule has 6 rings (SSSR count). The normalized spacial score (nSPS) is 27.8. The van der Waals surface area contributed by atoms with Gasteiger partial charge in [0, 0.05) is 22.6 Å². The van der Waals surface area contributed by atoms with Crippen molar-refractivity contribution in [2.45, 2.75) is 44.6 Å². The van der Waals surface area contributed by atoms with Crippen LogP contribution in [0, 0.1) is 11.8 Å². The molecule has 0 aromatic heterocycles. The molecule has 0 N–H and O–H groups in total. The third kappa shape index (κ3) is 2.46. The van der Waals surface area contributed by atoms with Crippen LogP contribution in [0.15, 0.2) is 54.6 Å². The molecule has 158 valence electrons. The molecule has 4 atom stereocenters. The maximum Gasteiger partial charge on any atom is 0.334 e. The second-order valence-electron chi connectivity index (χ2n) is 9.77. The van der Waals surface area contributed by atoms with E-state index < -0.39 is 35.3 Å². The first kappa shape index (κ1) is 19.7. The zero-order chi connectivity index (χ0) is 22.3. The van der Waals surface area contributed by atoms with Gasteiger partial charge in [-0.3, -0.25) is 9.59 Å². The summed E-state index contributed by atoms with van der Waals surface area (Å²) in [6.07, 6.45) is 0. The van der Waals surface area contributed by atoms with Crippen molar-refractivity contribution in [3.8, 4) is 0 Å². The monoisotopic (exact) mass is 416 g/mol. The highest BCUT2D eigenvalue weighted by molar-refractivity contribution is 6.01. The summed E-state index contributed by atoms with van der Waals surface area (Å²) in [4.78, 5) is 38.7. The highest BCUT2D eigenvalue weighted by Crippen LogP contribution is 2.64. The Balaban J connectivity index is 1.89. The topological polar surface area (TPSA) is 69.7 Å². The van der Waals surface area contributed by atoms with Gasteiger partial charge in [0.05, 0.1) is 5.92 Å². The van der Waals surface area contributed by atoms with Gasteiger partial charge in [0.1, 0.15) is 5.92 Å². The lowest BCUT2D eigenvalue weighted by molar-refractivity contribution is -0.167. The molecular weight excluding hydrogens is 392 g/mol. The molecule has 1 heterocycles. The average molecular weight is 416 g/mol. The van der Waals surface area contributed by atoms with Crippen molar-refractivity contribution in [1.82, 2.24) is 0 Å². The molecule has 1 saturated heterocycles. The second-order valence-corrected chi connectivity index (χ2v) is 9.77. The molecule has 0 radical (unpaired) electrons. The summed E-state index contributed by atoms with van der Waals surface area (Å²) in [5.74, 6) is -3.78. The number of hydrogen-bond donors (Lipinski definition) is 0. The van der Waals surface area contributed by atoms with Gasteiger partial charge in [-0.15, -0.1) is 0 Å². The Labute approximate surface area is 181 Å². The highest BCUT2D eigenvalue weighted by Gasteiger charge is 2.70. The lowest BCUT2D eigenvalue weighted by atomic mass is 9.52. The molecule has 4 aliphatic rings. The van der Waals surface area contributed by atoms with Crippen LogP contribution in [0.5, 0.6) is 0 Å². The van der Waals surface area contributed by atoms with E-state index in [9.17, 15) is 14.4 Å². The first-order chi connectivity index (χ1) is 14.6. The van der Waals surface area contributed by atoms with Gasteiger partial charge in [-0.1, -0.05) is 69.8 Å².